The number of likely N-dealkylation sites (tertiary alicyclic amines) is 1. The number of nitrogens with two attached hydrogens (primary N) is 2. The second kappa shape index (κ2) is 11.6. The third-order valence-electron chi connectivity index (χ3n) is 7.28. The second-order valence-corrected chi connectivity index (χ2v) is 10.5. The summed E-state index contributed by atoms with van der Waals surface area (Å²) in [4.78, 5) is 47.7. The van der Waals surface area contributed by atoms with Gasteiger partial charge in [0.15, 0.2) is 0 Å². The molecule has 0 radical (unpaired) electrons. The summed E-state index contributed by atoms with van der Waals surface area (Å²) in [6.45, 7) is 6.53. The van der Waals surface area contributed by atoms with E-state index in [0.29, 0.717) is 18.3 Å². The maximum absolute atomic E-state index is 12.9. The molecule has 0 saturated carbocycles. The number of aliphatic hydroxyl groups is 1. The smallest absolute Gasteiger partial charge is 0.354 e. The Hall–Kier alpha value is -3.32. The zero-order valence-electron chi connectivity index (χ0n) is 22.0. The largest absolute Gasteiger partial charge is 0.394 e. The average Bonchev–Trinajstić information content (AvgIpc) is 2.90. The summed E-state index contributed by atoms with van der Waals surface area (Å²) < 4.78 is 1.43. The maximum Gasteiger partial charge on any atom is 0.354 e. The highest BCUT2D eigenvalue weighted by Crippen LogP contribution is 2.17. The van der Waals surface area contributed by atoms with E-state index in [-0.39, 0.29) is 30.9 Å². The summed E-state index contributed by atoms with van der Waals surface area (Å²) in [5, 5.41) is 12.1. The summed E-state index contributed by atoms with van der Waals surface area (Å²) in [5.74, 6) is -0.210. The molecular formula is C26H38N8O4. The van der Waals surface area contributed by atoms with E-state index >= 15 is 0 Å². The van der Waals surface area contributed by atoms with Gasteiger partial charge in [0.05, 0.1) is 12.3 Å². The Kier molecular flexibility index (Phi) is 8.46. The van der Waals surface area contributed by atoms with E-state index in [0.717, 1.165) is 38.0 Å². The number of aliphatic hydroxyl groups excluding tert-OH is 1. The number of carbonyl (C=O) groups is 2. The Morgan fingerprint density at radius 1 is 1.13 bits per heavy atom. The summed E-state index contributed by atoms with van der Waals surface area (Å²) in [6.07, 6.45) is 3.60. The monoisotopic (exact) mass is 526 g/mol. The lowest BCUT2D eigenvalue weighted by Gasteiger charge is -2.41. The van der Waals surface area contributed by atoms with Crippen molar-refractivity contribution < 1.29 is 14.7 Å². The zero-order valence-corrected chi connectivity index (χ0v) is 22.0. The lowest BCUT2D eigenvalue weighted by molar-refractivity contribution is -0.140. The van der Waals surface area contributed by atoms with Gasteiger partial charge in [0.1, 0.15) is 11.4 Å². The van der Waals surface area contributed by atoms with Crippen molar-refractivity contribution in [2.45, 2.75) is 50.9 Å². The maximum atomic E-state index is 12.9. The van der Waals surface area contributed by atoms with Gasteiger partial charge in [-0.15, -0.1) is 0 Å². The Bertz CT molecular complexity index is 1190. The molecule has 12 nitrogen and oxygen atoms in total. The summed E-state index contributed by atoms with van der Waals surface area (Å²) >= 11 is 0. The molecule has 1 aromatic carbocycles. The molecule has 3 heterocycles. The van der Waals surface area contributed by atoms with Crippen LogP contribution < -0.4 is 22.5 Å². The molecule has 0 spiro atoms. The molecule has 6 N–H and O–H groups in total. The van der Waals surface area contributed by atoms with Crippen LogP contribution in [0, 0.1) is 0 Å². The number of rotatable bonds is 6. The zero-order chi connectivity index (χ0) is 27.4. The highest BCUT2D eigenvalue weighted by Gasteiger charge is 2.37. The minimum absolute atomic E-state index is 0.150. The fourth-order valence-electron chi connectivity index (χ4n) is 4.85. The molecule has 38 heavy (non-hydrogen) atoms. The quantitative estimate of drug-likeness (QED) is 0.406. The van der Waals surface area contributed by atoms with Crippen molar-refractivity contribution in [1.82, 2.24) is 24.3 Å². The van der Waals surface area contributed by atoms with Crippen LogP contribution in [0.3, 0.4) is 0 Å². The minimum atomic E-state index is -1.36. The van der Waals surface area contributed by atoms with Gasteiger partial charge in [-0.3, -0.25) is 19.6 Å². The third kappa shape index (κ3) is 6.38. The van der Waals surface area contributed by atoms with Crippen molar-refractivity contribution in [2.24, 2.45) is 11.5 Å². The van der Waals surface area contributed by atoms with Crippen molar-refractivity contribution in [3.63, 3.8) is 0 Å². The van der Waals surface area contributed by atoms with Crippen LogP contribution in [0.25, 0.3) is 5.69 Å². The highest BCUT2D eigenvalue weighted by atomic mass is 16.3. The van der Waals surface area contributed by atoms with Crippen LogP contribution in [0.5, 0.6) is 0 Å². The second-order valence-electron chi connectivity index (χ2n) is 10.5. The molecule has 2 saturated heterocycles. The molecule has 206 valence electrons. The van der Waals surface area contributed by atoms with Crippen LogP contribution >= 0.6 is 0 Å². The minimum Gasteiger partial charge on any atom is -0.394 e. The number of piperazine rings is 1. The van der Waals surface area contributed by atoms with Gasteiger partial charge in [-0.2, -0.15) is 4.98 Å². The summed E-state index contributed by atoms with van der Waals surface area (Å²) in [6, 6.07) is 8.96. The van der Waals surface area contributed by atoms with Crippen molar-refractivity contribution >= 4 is 17.8 Å². The van der Waals surface area contributed by atoms with Gasteiger partial charge < -0.3 is 26.4 Å². The van der Waals surface area contributed by atoms with Crippen LogP contribution in [0.2, 0.25) is 0 Å². The number of hydrogen-bond donors (Lipinski definition) is 4. The third-order valence-corrected chi connectivity index (χ3v) is 7.28. The Morgan fingerprint density at radius 2 is 1.82 bits per heavy atom. The highest BCUT2D eigenvalue weighted by molar-refractivity contribution is 5.89. The molecule has 12 heteroatoms. The molecule has 2 aliphatic rings. The lowest BCUT2D eigenvalue weighted by Crippen LogP contribution is -2.62. The summed E-state index contributed by atoms with van der Waals surface area (Å²) in [7, 11) is 0. The number of nitrogens with one attached hydrogen (secondary N) is 1. The number of anilines is 1. The first-order chi connectivity index (χ1) is 18.1. The molecule has 0 bridgehead atoms. The van der Waals surface area contributed by atoms with E-state index in [1.165, 1.54) is 11.5 Å². The summed E-state index contributed by atoms with van der Waals surface area (Å²) in [5.41, 5.74) is 11.8. The topological polar surface area (TPSA) is 163 Å². The molecule has 2 fully saturated rings. The van der Waals surface area contributed by atoms with E-state index in [1.807, 2.05) is 31.2 Å². The SMILES string of the molecule is C[C@@H]1CN(C(=O)[C@@](C)(N)CO)CCN1C(=O)Nc1ccn(-c2ccc(CN3CCC(N)CC3)cc2)c(=O)n1. The average molecular weight is 527 g/mol. The molecule has 4 rings (SSSR count). The van der Waals surface area contributed by atoms with Gasteiger partial charge in [0.25, 0.3) is 0 Å². The van der Waals surface area contributed by atoms with Crippen molar-refractivity contribution in [3.8, 4) is 5.69 Å². The normalized spacial score (nSPS) is 20.7. The van der Waals surface area contributed by atoms with Gasteiger partial charge in [-0.05, 0) is 63.5 Å². The predicted molar refractivity (Wildman–Crippen MR) is 144 cm³/mol. The number of amides is 3. The van der Waals surface area contributed by atoms with Crippen LogP contribution in [0.15, 0.2) is 41.3 Å². The predicted octanol–water partition coefficient (Wildman–Crippen LogP) is -0.0701. The molecule has 0 aliphatic carbocycles. The lowest BCUT2D eigenvalue weighted by atomic mass is 10.0. The van der Waals surface area contributed by atoms with Gasteiger partial charge in [-0.25, -0.2) is 9.59 Å². The van der Waals surface area contributed by atoms with Gasteiger partial charge >= 0.3 is 11.7 Å². The number of aromatic nitrogens is 2. The van der Waals surface area contributed by atoms with Crippen LogP contribution in [0.4, 0.5) is 10.6 Å². The van der Waals surface area contributed by atoms with E-state index in [1.54, 1.807) is 22.1 Å². The van der Waals surface area contributed by atoms with Crippen LogP contribution in [-0.2, 0) is 11.3 Å². The molecule has 2 aliphatic heterocycles. The Labute approximate surface area is 222 Å². The molecular weight excluding hydrogens is 488 g/mol. The van der Waals surface area contributed by atoms with Gasteiger partial charge in [0, 0.05) is 44.5 Å². The molecule has 3 amide bonds. The van der Waals surface area contributed by atoms with Gasteiger partial charge in [-0.1, -0.05) is 12.1 Å². The fourth-order valence-corrected chi connectivity index (χ4v) is 4.85. The molecule has 0 unspecified atom stereocenters. The first kappa shape index (κ1) is 27.7. The number of urea groups is 1. The first-order valence-corrected chi connectivity index (χ1v) is 13.0. The van der Waals surface area contributed by atoms with Crippen molar-refractivity contribution in [2.75, 3.05) is 44.6 Å². The Balaban J connectivity index is 1.34. The number of hydrogen-bond acceptors (Lipinski definition) is 8. The number of carbonyl (C=O) groups excluding carboxylic acids is 2. The molecule has 1 aromatic heterocycles. The fraction of sp³-hybridized carbons (Fsp3) is 0.538. The van der Waals surface area contributed by atoms with Crippen LogP contribution in [-0.4, -0.2) is 98.2 Å². The Morgan fingerprint density at radius 3 is 2.42 bits per heavy atom. The number of piperidine rings is 1. The number of nitrogens with zero attached hydrogens (tertiary/aromatic N) is 5. The van der Waals surface area contributed by atoms with Crippen molar-refractivity contribution in [1.29, 1.82) is 0 Å². The van der Waals surface area contributed by atoms with E-state index in [2.05, 4.69) is 15.2 Å². The van der Waals surface area contributed by atoms with E-state index in [4.69, 9.17) is 11.5 Å². The molecule has 2 atom stereocenters. The van der Waals surface area contributed by atoms with E-state index in [9.17, 15) is 19.5 Å². The van der Waals surface area contributed by atoms with Crippen molar-refractivity contribution in [3.05, 3.63) is 52.6 Å². The standard InChI is InChI=1S/C26H38N8O4/c1-18-15-32(23(36)26(2,28)17-35)13-14-33(18)24(37)29-22-9-12-34(25(38)30-22)21-5-3-19(4-6-21)16-31-10-7-20(27)8-11-31/h3-6,9,12,18,20,35H,7-8,10-11,13-17,27-28H2,1-2H3,(H,29,30,37,38)/t18-,26+/m1/s1. The number of benzene rings is 1. The van der Waals surface area contributed by atoms with Gasteiger partial charge in [0.2, 0.25) is 5.91 Å². The van der Waals surface area contributed by atoms with Crippen LogP contribution in [0.1, 0.15) is 32.3 Å². The van der Waals surface area contributed by atoms with E-state index < -0.39 is 23.9 Å². The first-order valence-electron chi connectivity index (χ1n) is 13.0. The molecule has 2 aromatic rings.